The standard InChI is InChI=1S/C18H15BrN2O3S/c1-2-21-13-9-14-15(24-8-7-23-14)10-16(13)25-18(21)20-17(22)11-3-5-12(19)6-4-11/h3-6,9-10H,2,7-8H2,1H3. The first-order valence-corrected chi connectivity index (χ1v) is 9.54. The van der Waals surface area contributed by atoms with Gasteiger partial charge in [0.05, 0.1) is 10.2 Å². The molecular weight excluding hydrogens is 404 g/mol. The topological polar surface area (TPSA) is 52.8 Å². The average Bonchev–Trinajstić information content (AvgIpc) is 2.96. The summed E-state index contributed by atoms with van der Waals surface area (Å²) in [6, 6.07) is 11.1. The van der Waals surface area contributed by atoms with Gasteiger partial charge in [0.25, 0.3) is 5.91 Å². The Kier molecular flexibility index (Phi) is 4.35. The van der Waals surface area contributed by atoms with E-state index in [-0.39, 0.29) is 5.91 Å². The van der Waals surface area contributed by atoms with Gasteiger partial charge in [0.1, 0.15) is 13.2 Å². The number of rotatable bonds is 2. The van der Waals surface area contributed by atoms with Crippen LogP contribution in [-0.4, -0.2) is 23.7 Å². The summed E-state index contributed by atoms with van der Waals surface area (Å²) in [5, 5.41) is 0. The molecule has 0 aliphatic carbocycles. The van der Waals surface area contributed by atoms with Crippen molar-refractivity contribution >= 4 is 43.4 Å². The minimum atomic E-state index is -0.251. The van der Waals surface area contributed by atoms with E-state index in [0.717, 1.165) is 26.2 Å². The largest absolute Gasteiger partial charge is 0.486 e. The lowest BCUT2D eigenvalue weighted by molar-refractivity contribution is 0.0998. The van der Waals surface area contributed by atoms with Crippen molar-refractivity contribution in [2.45, 2.75) is 13.5 Å². The monoisotopic (exact) mass is 418 g/mol. The molecule has 1 aromatic heterocycles. The fourth-order valence-corrected chi connectivity index (χ4v) is 4.11. The molecule has 25 heavy (non-hydrogen) atoms. The van der Waals surface area contributed by atoms with Crippen LogP contribution in [0.1, 0.15) is 17.3 Å². The molecule has 0 N–H and O–H groups in total. The first kappa shape index (κ1) is 16.4. The summed E-state index contributed by atoms with van der Waals surface area (Å²) in [4.78, 5) is 17.5. The van der Waals surface area contributed by atoms with Crippen LogP contribution in [0, 0.1) is 0 Å². The zero-order chi connectivity index (χ0) is 17.4. The summed E-state index contributed by atoms with van der Waals surface area (Å²) in [5.74, 6) is 1.23. The number of aryl methyl sites for hydroxylation is 1. The lowest BCUT2D eigenvalue weighted by Crippen LogP contribution is -2.17. The predicted molar refractivity (Wildman–Crippen MR) is 101 cm³/mol. The van der Waals surface area contributed by atoms with E-state index in [1.54, 1.807) is 12.1 Å². The zero-order valence-electron chi connectivity index (χ0n) is 13.5. The van der Waals surface area contributed by atoms with Gasteiger partial charge in [-0.15, -0.1) is 0 Å². The van der Waals surface area contributed by atoms with Crippen molar-refractivity contribution < 1.29 is 14.3 Å². The highest BCUT2D eigenvalue weighted by Gasteiger charge is 2.16. The predicted octanol–water partition coefficient (Wildman–Crippen LogP) is 4.00. The Morgan fingerprint density at radius 3 is 2.56 bits per heavy atom. The number of nitrogens with zero attached hydrogens (tertiary/aromatic N) is 2. The van der Waals surface area contributed by atoms with Crippen LogP contribution in [-0.2, 0) is 6.54 Å². The van der Waals surface area contributed by atoms with Crippen molar-refractivity contribution in [2.75, 3.05) is 13.2 Å². The van der Waals surface area contributed by atoms with Crippen LogP contribution in [0.5, 0.6) is 11.5 Å². The Morgan fingerprint density at radius 1 is 1.20 bits per heavy atom. The maximum atomic E-state index is 12.5. The van der Waals surface area contributed by atoms with Crippen molar-refractivity contribution in [2.24, 2.45) is 4.99 Å². The summed E-state index contributed by atoms with van der Waals surface area (Å²) >= 11 is 4.85. The van der Waals surface area contributed by atoms with Crippen LogP contribution >= 0.6 is 27.3 Å². The minimum absolute atomic E-state index is 0.251. The molecule has 2 heterocycles. The van der Waals surface area contributed by atoms with Crippen LogP contribution in [0.25, 0.3) is 10.2 Å². The van der Waals surface area contributed by atoms with Crippen LogP contribution < -0.4 is 14.3 Å². The van der Waals surface area contributed by atoms with Crippen LogP contribution in [0.3, 0.4) is 0 Å². The minimum Gasteiger partial charge on any atom is -0.486 e. The van der Waals surface area contributed by atoms with Gasteiger partial charge in [0.15, 0.2) is 16.3 Å². The maximum Gasteiger partial charge on any atom is 0.279 e. The molecule has 128 valence electrons. The van der Waals surface area contributed by atoms with Crippen molar-refractivity contribution in [1.82, 2.24) is 4.57 Å². The van der Waals surface area contributed by atoms with E-state index in [1.165, 1.54) is 11.3 Å². The number of aromatic nitrogens is 1. The van der Waals surface area contributed by atoms with Gasteiger partial charge in [0.2, 0.25) is 0 Å². The van der Waals surface area contributed by atoms with E-state index in [9.17, 15) is 4.79 Å². The van der Waals surface area contributed by atoms with Gasteiger partial charge in [-0.3, -0.25) is 4.79 Å². The zero-order valence-corrected chi connectivity index (χ0v) is 15.9. The Balaban J connectivity index is 1.83. The smallest absolute Gasteiger partial charge is 0.279 e. The second kappa shape index (κ2) is 6.65. The third-order valence-corrected chi connectivity index (χ3v) is 5.52. The molecule has 0 bridgehead atoms. The number of hydrogen-bond acceptors (Lipinski definition) is 4. The molecule has 0 spiro atoms. The number of ether oxygens (including phenoxy) is 2. The molecule has 1 aliphatic rings. The summed E-state index contributed by atoms with van der Waals surface area (Å²) in [5.41, 5.74) is 1.56. The number of carbonyl (C=O) groups excluding carboxylic acids is 1. The van der Waals surface area contributed by atoms with Gasteiger partial charge >= 0.3 is 0 Å². The highest BCUT2D eigenvalue weighted by molar-refractivity contribution is 9.10. The Morgan fingerprint density at radius 2 is 1.88 bits per heavy atom. The highest BCUT2D eigenvalue weighted by Crippen LogP contribution is 2.35. The fourth-order valence-electron chi connectivity index (χ4n) is 2.74. The number of halogens is 1. The molecule has 0 atom stereocenters. The first-order valence-electron chi connectivity index (χ1n) is 7.93. The van der Waals surface area contributed by atoms with E-state index < -0.39 is 0 Å². The van der Waals surface area contributed by atoms with E-state index >= 15 is 0 Å². The summed E-state index contributed by atoms with van der Waals surface area (Å²) in [6.45, 7) is 3.85. The van der Waals surface area contributed by atoms with Crippen molar-refractivity contribution in [3.05, 3.63) is 51.2 Å². The summed E-state index contributed by atoms with van der Waals surface area (Å²) in [6.07, 6.45) is 0. The van der Waals surface area contributed by atoms with Crippen molar-refractivity contribution in [1.29, 1.82) is 0 Å². The van der Waals surface area contributed by atoms with Gasteiger partial charge in [0, 0.05) is 28.7 Å². The molecule has 0 saturated carbocycles. The third-order valence-electron chi connectivity index (χ3n) is 3.95. The number of carbonyl (C=O) groups is 1. The number of amides is 1. The number of fused-ring (bicyclic) bond motifs is 2. The molecule has 0 saturated heterocycles. The molecule has 7 heteroatoms. The summed E-state index contributed by atoms with van der Waals surface area (Å²) in [7, 11) is 0. The van der Waals surface area contributed by atoms with E-state index in [2.05, 4.69) is 20.9 Å². The molecule has 4 rings (SSSR count). The normalized spacial score (nSPS) is 14.1. The van der Waals surface area contributed by atoms with E-state index in [1.807, 2.05) is 35.8 Å². The van der Waals surface area contributed by atoms with E-state index in [4.69, 9.17) is 9.47 Å². The van der Waals surface area contributed by atoms with Gasteiger partial charge in [-0.05, 0) is 31.2 Å². The quantitative estimate of drug-likeness (QED) is 0.631. The Labute approximate surface area is 156 Å². The third kappa shape index (κ3) is 3.09. The van der Waals surface area contributed by atoms with Gasteiger partial charge in [-0.2, -0.15) is 4.99 Å². The second-order valence-corrected chi connectivity index (χ2v) is 7.44. The molecule has 5 nitrogen and oxygen atoms in total. The summed E-state index contributed by atoms with van der Waals surface area (Å²) < 4.78 is 15.3. The SMILES string of the molecule is CCn1c(=NC(=O)c2ccc(Br)cc2)sc2cc3c(cc21)OCCO3. The van der Waals surface area contributed by atoms with E-state index in [0.29, 0.717) is 30.1 Å². The Bertz CT molecular complexity index is 1020. The molecule has 1 amide bonds. The van der Waals surface area contributed by atoms with Gasteiger partial charge in [-0.1, -0.05) is 27.3 Å². The lowest BCUT2D eigenvalue weighted by Gasteiger charge is -2.18. The van der Waals surface area contributed by atoms with Gasteiger partial charge in [-0.25, -0.2) is 0 Å². The average molecular weight is 419 g/mol. The fraction of sp³-hybridized carbons (Fsp3) is 0.222. The maximum absolute atomic E-state index is 12.5. The van der Waals surface area contributed by atoms with Gasteiger partial charge < -0.3 is 14.0 Å². The molecule has 0 unspecified atom stereocenters. The molecule has 0 fully saturated rings. The van der Waals surface area contributed by atoms with Crippen LogP contribution in [0.4, 0.5) is 0 Å². The van der Waals surface area contributed by atoms with Crippen LogP contribution in [0.15, 0.2) is 45.9 Å². The molecule has 0 radical (unpaired) electrons. The highest BCUT2D eigenvalue weighted by atomic mass is 79.9. The van der Waals surface area contributed by atoms with Crippen molar-refractivity contribution in [3.8, 4) is 11.5 Å². The number of hydrogen-bond donors (Lipinski definition) is 0. The Hall–Kier alpha value is -2.12. The van der Waals surface area contributed by atoms with Crippen LogP contribution in [0.2, 0.25) is 0 Å². The molecular formula is C18H15BrN2O3S. The second-order valence-electron chi connectivity index (χ2n) is 5.52. The molecule has 2 aromatic carbocycles. The number of benzene rings is 2. The molecule has 3 aromatic rings. The lowest BCUT2D eigenvalue weighted by atomic mass is 10.2. The first-order chi connectivity index (χ1) is 12.2. The molecule has 1 aliphatic heterocycles. The van der Waals surface area contributed by atoms with Crippen molar-refractivity contribution in [3.63, 3.8) is 0 Å². The number of thiazole rings is 1.